The number of likely N-dealkylation sites (N-methyl/N-ethyl adjacent to an activating group) is 1. The van der Waals surface area contributed by atoms with E-state index < -0.39 is 17.5 Å². The second-order valence-electron chi connectivity index (χ2n) is 5.44. The predicted octanol–water partition coefficient (Wildman–Crippen LogP) is 2.15. The first-order valence-corrected chi connectivity index (χ1v) is 7.70. The molecule has 2 aromatic carbocycles. The third-order valence-electron chi connectivity index (χ3n) is 3.51. The highest BCUT2D eigenvalue weighted by atomic mass is 19.1. The molecule has 0 spiro atoms. The number of benzene rings is 2. The number of rotatable bonds is 7. The van der Waals surface area contributed by atoms with Crippen LogP contribution in [0.5, 0.6) is 0 Å². The van der Waals surface area contributed by atoms with Crippen molar-refractivity contribution in [3.63, 3.8) is 0 Å². The fourth-order valence-corrected chi connectivity index (χ4v) is 2.27. The Morgan fingerprint density at radius 3 is 2.16 bits per heavy atom. The molecule has 2 aromatic rings. The van der Waals surface area contributed by atoms with Crippen LogP contribution in [0.1, 0.15) is 5.56 Å². The van der Waals surface area contributed by atoms with Crippen LogP contribution in [0, 0.1) is 11.6 Å². The van der Waals surface area contributed by atoms with Gasteiger partial charge in [-0.25, -0.2) is 8.78 Å². The smallest absolute Gasteiger partial charge is 0.238 e. The lowest BCUT2D eigenvalue weighted by Gasteiger charge is -2.21. The fraction of sp³-hybridized carbons (Fsp3) is 0.222. The highest BCUT2D eigenvalue weighted by Crippen LogP contribution is 2.13. The van der Waals surface area contributed by atoms with Gasteiger partial charge in [0.15, 0.2) is 0 Å². The van der Waals surface area contributed by atoms with E-state index in [-0.39, 0.29) is 31.2 Å². The lowest BCUT2D eigenvalue weighted by atomic mass is 10.2. The maximum Gasteiger partial charge on any atom is 0.238 e. The average molecular weight is 347 g/mol. The number of hydrogen-bond donors (Lipinski definition) is 2. The maximum atomic E-state index is 13.8. The molecule has 2 amide bonds. The number of hydrogen-bond acceptors (Lipinski definition) is 3. The largest absolute Gasteiger partial charge is 0.358 e. The summed E-state index contributed by atoms with van der Waals surface area (Å²) in [7, 11) is 1.48. The lowest BCUT2D eigenvalue weighted by Crippen LogP contribution is -2.40. The molecule has 5 nitrogen and oxygen atoms in total. The first kappa shape index (κ1) is 18.5. The SMILES string of the molecule is CNC(=O)CN(CC(=O)Nc1ccccc1F)Cc1ccccc1F. The minimum absolute atomic E-state index is 0.0540. The molecule has 0 aromatic heterocycles. The van der Waals surface area contributed by atoms with Gasteiger partial charge < -0.3 is 10.6 Å². The summed E-state index contributed by atoms with van der Waals surface area (Å²) in [4.78, 5) is 25.3. The zero-order chi connectivity index (χ0) is 18.2. The normalized spacial score (nSPS) is 10.6. The summed E-state index contributed by atoms with van der Waals surface area (Å²) in [5.74, 6) is -1.78. The standard InChI is InChI=1S/C18H19F2N3O2/c1-21-17(24)11-23(10-13-6-2-3-7-14(13)19)12-18(25)22-16-9-5-4-8-15(16)20/h2-9H,10-12H2,1H3,(H,21,24)(H,22,25). The monoisotopic (exact) mass is 347 g/mol. The molecule has 2 rings (SSSR count). The minimum atomic E-state index is -0.553. The molecule has 0 aliphatic carbocycles. The van der Waals surface area contributed by atoms with Gasteiger partial charge in [0.2, 0.25) is 11.8 Å². The van der Waals surface area contributed by atoms with Gasteiger partial charge in [-0.3, -0.25) is 14.5 Å². The Bertz CT molecular complexity index is 753. The summed E-state index contributed by atoms with van der Waals surface area (Å²) in [6.07, 6.45) is 0. The van der Waals surface area contributed by atoms with Gasteiger partial charge in [-0.05, 0) is 18.2 Å². The topological polar surface area (TPSA) is 61.4 Å². The van der Waals surface area contributed by atoms with Crippen molar-refractivity contribution in [2.45, 2.75) is 6.54 Å². The first-order valence-electron chi connectivity index (χ1n) is 7.70. The predicted molar refractivity (Wildman–Crippen MR) is 90.8 cm³/mol. The van der Waals surface area contributed by atoms with Crippen molar-refractivity contribution in [1.82, 2.24) is 10.2 Å². The third-order valence-corrected chi connectivity index (χ3v) is 3.51. The highest BCUT2D eigenvalue weighted by Gasteiger charge is 2.17. The van der Waals surface area contributed by atoms with Crippen molar-refractivity contribution in [2.75, 3.05) is 25.5 Å². The average Bonchev–Trinajstić information content (AvgIpc) is 2.58. The van der Waals surface area contributed by atoms with Crippen molar-refractivity contribution in [1.29, 1.82) is 0 Å². The van der Waals surface area contributed by atoms with Crippen LogP contribution in [0.2, 0.25) is 0 Å². The van der Waals surface area contributed by atoms with Gasteiger partial charge in [0, 0.05) is 19.2 Å². The molecule has 0 fully saturated rings. The van der Waals surface area contributed by atoms with Crippen LogP contribution in [-0.4, -0.2) is 36.9 Å². The van der Waals surface area contributed by atoms with Crippen LogP contribution in [0.4, 0.5) is 14.5 Å². The molecule has 0 radical (unpaired) electrons. The number of carbonyl (C=O) groups is 2. The molecule has 0 heterocycles. The van der Waals surface area contributed by atoms with E-state index in [0.29, 0.717) is 5.56 Å². The number of carbonyl (C=O) groups excluding carboxylic acids is 2. The molecule has 0 aliphatic rings. The van der Waals surface area contributed by atoms with Crippen LogP contribution >= 0.6 is 0 Å². The maximum absolute atomic E-state index is 13.8. The van der Waals surface area contributed by atoms with E-state index in [2.05, 4.69) is 10.6 Å². The molecule has 0 bridgehead atoms. The molecule has 0 saturated carbocycles. The first-order chi connectivity index (χ1) is 12.0. The molecule has 0 unspecified atom stereocenters. The Kier molecular flexibility index (Phi) is 6.59. The van der Waals surface area contributed by atoms with E-state index in [9.17, 15) is 18.4 Å². The second kappa shape index (κ2) is 8.89. The highest BCUT2D eigenvalue weighted by molar-refractivity contribution is 5.92. The number of para-hydroxylation sites is 1. The van der Waals surface area contributed by atoms with Crippen LogP contribution in [-0.2, 0) is 16.1 Å². The second-order valence-corrected chi connectivity index (χ2v) is 5.44. The van der Waals surface area contributed by atoms with Gasteiger partial charge in [-0.15, -0.1) is 0 Å². The van der Waals surface area contributed by atoms with Gasteiger partial charge in [0.05, 0.1) is 18.8 Å². The Morgan fingerprint density at radius 2 is 1.52 bits per heavy atom. The molecule has 7 heteroatoms. The van der Waals surface area contributed by atoms with E-state index in [1.165, 1.54) is 36.2 Å². The van der Waals surface area contributed by atoms with Gasteiger partial charge in [0.1, 0.15) is 11.6 Å². The zero-order valence-corrected chi connectivity index (χ0v) is 13.8. The molecule has 0 atom stereocenters. The van der Waals surface area contributed by atoms with E-state index in [0.717, 1.165) is 0 Å². The van der Waals surface area contributed by atoms with E-state index in [4.69, 9.17) is 0 Å². The van der Waals surface area contributed by atoms with Gasteiger partial charge in [0.25, 0.3) is 0 Å². The van der Waals surface area contributed by atoms with Gasteiger partial charge in [-0.2, -0.15) is 0 Å². The van der Waals surface area contributed by atoms with Gasteiger partial charge >= 0.3 is 0 Å². The molecule has 0 aliphatic heterocycles. The van der Waals surface area contributed by atoms with Crippen LogP contribution in [0.15, 0.2) is 48.5 Å². The zero-order valence-electron chi connectivity index (χ0n) is 13.8. The number of anilines is 1. The summed E-state index contributed by atoms with van der Waals surface area (Å²) < 4.78 is 27.4. The summed E-state index contributed by atoms with van der Waals surface area (Å²) in [6, 6.07) is 11.9. The van der Waals surface area contributed by atoms with Crippen molar-refractivity contribution in [2.24, 2.45) is 0 Å². The molecule has 0 saturated heterocycles. The van der Waals surface area contributed by atoms with Crippen LogP contribution < -0.4 is 10.6 Å². The molecular weight excluding hydrogens is 328 g/mol. The fourth-order valence-electron chi connectivity index (χ4n) is 2.27. The Balaban J connectivity index is 2.07. The summed E-state index contributed by atoms with van der Waals surface area (Å²) in [5, 5.41) is 4.91. The van der Waals surface area contributed by atoms with Crippen molar-refractivity contribution in [3.8, 4) is 0 Å². The number of nitrogens with one attached hydrogen (secondary N) is 2. The Labute approximate surface area is 144 Å². The van der Waals surface area contributed by atoms with Crippen LogP contribution in [0.25, 0.3) is 0 Å². The minimum Gasteiger partial charge on any atom is -0.358 e. The Hall–Kier alpha value is -2.80. The third kappa shape index (κ3) is 5.65. The number of nitrogens with zero attached hydrogens (tertiary/aromatic N) is 1. The van der Waals surface area contributed by atoms with Crippen LogP contribution in [0.3, 0.4) is 0 Å². The molecule has 25 heavy (non-hydrogen) atoms. The van der Waals surface area contributed by atoms with E-state index >= 15 is 0 Å². The summed E-state index contributed by atoms with van der Waals surface area (Å²) >= 11 is 0. The van der Waals surface area contributed by atoms with Crippen molar-refractivity contribution >= 4 is 17.5 Å². The van der Waals surface area contributed by atoms with Crippen molar-refractivity contribution in [3.05, 3.63) is 65.7 Å². The van der Waals surface area contributed by atoms with Gasteiger partial charge in [-0.1, -0.05) is 30.3 Å². The lowest BCUT2D eigenvalue weighted by molar-refractivity contribution is -0.123. The Morgan fingerprint density at radius 1 is 0.920 bits per heavy atom. The molecule has 2 N–H and O–H groups in total. The van der Waals surface area contributed by atoms with E-state index in [1.807, 2.05) is 0 Å². The molecular formula is C18H19F2N3O2. The quantitative estimate of drug-likeness (QED) is 0.807. The van der Waals surface area contributed by atoms with Crippen molar-refractivity contribution < 1.29 is 18.4 Å². The summed E-state index contributed by atoms with van der Waals surface area (Å²) in [5.41, 5.74) is 0.420. The summed E-state index contributed by atoms with van der Waals surface area (Å²) in [6.45, 7) is -0.198. The number of amides is 2. The van der Waals surface area contributed by atoms with E-state index in [1.54, 1.807) is 24.3 Å². The molecule has 132 valence electrons. The number of halogens is 2.